The summed E-state index contributed by atoms with van der Waals surface area (Å²) in [5.41, 5.74) is 8.87. The standard InChI is InChI=1S/C13H16N4O/c1-9-12(8-16-17-9)13(18)15-7-6-10-2-4-11(14)5-3-10/h2-5,8H,6-7,14H2,1H3,(H,15,18)(H,16,17). The highest BCUT2D eigenvalue weighted by atomic mass is 16.1. The summed E-state index contributed by atoms with van der Waals surface area (Å²) < 4.78 is 0. The predicted molar refractivity (Wildman–Crippen MR) is 70.2 cm³/mol. The van der Waals surface area contributed by atoms with Crippen LogP contribution in [0.1, 0.15) is 21.6 Å². The molecule has 18 heavy (non-hydrogen) atoms. The van der Waals surface area contributed by atoms with E-state index >= 15 is 0 Å². The lowest BCUT2D eigenvalue weighted by Crippen LogP contribution is -2.25. The maximum atomic E-state index is 11.8. The van der Waals surface area contributed by atoms with E-state index in [9.17, 15) is 4.79 Å². The molecule has 0 aliphatic rings. The van der Waals surface area contributed by atoms with Crippen LogP contribution in [0.4, 0.5) is 5.69 Å². The molecule has 94 valence electrons. The first kappa shape index (κ1) is 12.2. The van der Waals surface area contributed by atoms with Gasteiger partial charge in [0.05, 0.1) is 11.8 Å². The lowest BCUT2D eigenvalue weighted by atomic mass is 10.1. The van der Waals surface area contributed by atoms with Gasteiger partial charge in [-0.25, -0.2) is 0 Å². The SMILES string of the molecule is Cc1[nH]ncc1C(=O)NCCc1ccc(N)cc1. The topological polar surface area (TPSA) is 83.8 Å². The summed E-state index contributed by atoms with van der Waals surface area (Å²) in [6, 6.07) is 7.64. The first-order valence-corrected chi connectivity index (χ1v) is 5.79. The van der Waals surface area contributed by atoms with E-state index in [1.54, 1.807) is 0 Å². The molecular formula is C13H16N4O. The van der Waals surface area contributed by atoms with Crippen molar-refractivity contribution in [3.8, 4) is 0 Å². The number of benzene rings is 1. The molecule has 4 N–H and O–H groups in total. The Hall–Kier alpha value is -2.30. The third kappa shape index (κ3) is 2.88. The summed E-state index contributed by atoms with van der Waals surface area (Å²) >= 11 is 0. The highest BCUT2D eigenvalue weighted by Gasteiger charge is 2.09. The normalized spacial score (nSPS) is 10.3. The van der Waals surface area contributed by atoms with Gasteiger partial charge in [0.2, 0.25) is 0 Å². The Morgan fingerprint density at radius 1 is 1.39 bits per heavy atom. The van der Waals surface area contributed by atoms with Crippen LogP contribution < -0.4 is 11.1 Å². The van der Waals surface area contributed by atoms with Crippen molar-refractivity contribution in [2.45, 2.75) is 13.3 Å². The number of aryl methyl sites for hydroxylation is 1. The maximum absolute atomic E-state index is 11.8. The van der Waals surface area contributed by atoms with Gasteiger partial charge in [-0.2, -0.15) is 5.10 Å². The van der Waals surface area contributed by atoms with Crippen molar-refractivity contribution < 1.29 is 4.79 Å². The van der Waals surface area contributed by atoms with Crippen LogP contribution in [0.2, 0.25) is 0 Å². The molecule has 2 aromatic rings. The lowest BCUT2D eigenvalue weighted by Gasteiger charge is -2.05. The number of rotatable bonds is 4. The van der Waals surface area contributed by atoms with Crippen LogP contribution in [0.5, 0.6) is 0 Å². The zero-order chi connectivity index (χ0) is 13.0. The van der Waals surface area contributed by atoms with E-state index in [4.69, 9.17) is 5.73 Å². The first-order chi connectivity index (χ1) is 8.66. The molecule has 0 saturated carbocycles. The van der Waals surface area contributed by atoms with Gasteiger partial charge < -0.3 is 11.1 Å². The number of amides is 1. The Morgan fingerprint density at radius 2 is 2.11 bits per heavy atom. The zero-order valence-corrected chi connectivity index (χ0v) is 10.2. The number of anilines is 1. The number of nitrogens with two attached hydrogens (primary N) is 1. The number of carbonyl (C=O) groups excluding carboxylic acids is 1. The van der Waals surface area contributed by atoms with Crippen LogP contribution in [0.15, 0.2) is 30.5 Å². The van der Waals surface area contributed by atoms with Crippen molar-refractivity contribution in [2.24, 2.45) is 0 Å². The highest BCUT2D eigenvalue weighted by Crippen LogP contribution is 2.06. The Balaban J connectivity index is 1.84. The van der Waals surface area contributed by atoms with Crippen molar-refractivity contribution >= 4 is 11.6 Å². The van der Waals surface area contributed by atoms with E-state index in [1.807, 2.05) is 31.2 Å². The number of hydrogen-bond acceptors (Lipinski definition) is 3. The summed E-state index contributed by atoms with van der Waals surface area (Å²) in [5, 5.41) is 9.42. The monoisotopic (exact) mass is 244 g/mol. The van der Waals surface area contributed by atoms with Crippen LogP contribution in [0, 0.1) is 6.92 Å². The van der Waals surface area contributed by atoms with E-state index in [-0.39, 0.29) is 5.91 Å². The number of aromatic amines is 1. The summed E-state index contributed by atoms with van der Waals surface area (Å²) in [4.78, 5) is 11.8. The Bertz CT molecular complexity index is 530. The molecule has 1 aromatic carbocycles. The van der Waals surface area contributed by atoms with Gasteiger partial charge in [-0.3, -0.25) is 9.89 Å². The van der Waals surface area contributed by atoms with Crippen LogP contribution >= 0.6 is 0 Å². The zero-order valence-electron chi connectivity index (χ0n) is 10.2. The second kappa shape index (κ2) is 5.35. The smallest absolute Gasteiger partial charge is 0.254 e. The second-order valence-corrected chi connectivity index (χ2v) is 4.16. The molecule has 0 saturated heterocycles. The third-order valence-corrected chi connectivity index (χ3v) is 2.75. The quantitative estimate of drug-likeness (QED) is 0.708. The Kier molecular flexibility index (Phi) is 3.62. The highest BCUT2D eigenvalue weighted by molar-refractivity contribution is 5.94. The number of H-pyrrole nitrogens is 1. The van der Waals surface area contributed by atoms with Gasteiger partial charge >= 0.3 is 0 Å². The van der Waals surface area contributed by atoms with Gasteiger partial charge in [-0.15, -0.1) is 0 Å². The molecule has 0 unspecified atom stereocenters. The second-order valence-electron chi connectivity index (χ2n) is 4.16. The minimum absolute atomic E-state index is 0.100. The summed E-state index contributed by atoms with van der Waals surface area (Å²) in [6.45, 7) is 2.41. The molecule has 1 aromatic heterocycles. The van der Waals surface area contributed by atoms with E-state index in [0.717, 1.165) is 23.4 Å². The minimum atomic E-state index is -0.100. The molecule has 0 bridgehead atoms. The molecule has 1 heterocycles. The largest absolute Gasteiger partial charge is 0.399 e. The third-order valence-electron chi connectivity index (χ3n) is 2.75. The number of aromatic nitrogens is 2. The number of nitrogen functional groups attached to an aromatic ring is 1. The Morgan fingerprint density at radius 3 is 2.72 bits per heavy atom. The lowest BCUT2D eigenvalue weighted by molar-refractivity contribution is 0.0953. The number of hydrogen-bond donors (Lipinski definition) is 3. The summed E-state index contributed by atoms with van der Waals surface area (Å²) in [7, 11) is 0. The molecule has 0 radical (unpaired) electrons. The fourth-order valence-electron chi connectivity index (χ4n) is 1.68. The fraction of sp³-hybridized carbons (Fsp3) is 0.231. The number of nitrogens with one attached hydrogen (secondary N) is 2. The van der Waals surface area contributed by atoms with Gasteiger partial charge in [0.1, 0.15) is 0 Å². The van der Waals surface area contributed by atoms with Crippen LogP contribution in [0.25, 0.3) is 0 Å². The molecule has 1 amide bonds. The fourth-order valence-corrected chi connectivity index (χ4v) is 1.68. The van der Waals surface area contributed by atoms with Gasteiger partial charge in [0.25, 0.3) is 5.91 Å². The van der Waals surface area contributed by atoms with Crippen LogP contribution in [-0.2, 0) is 6.42 Å². The van der Waals surface area contributed by atoms with E-state index in [0.29, 0.717) is 12.1 Å². The molecule has 0 aliphatic heterocycles. The van der Waals surface area contributed by atoms with Gasteiger partial charge in [0, 0.05) is 17.9 Å². The average Bonchev–Trinajstić information content (AvgIpc) is 2.78. The molecular weight excluding hydrogens is 228 g/mol. The van der Waals surface area contributed by atoms with Gasteiger partial charge in [0.15, 0.2) is 0 Å². The Labute approximate surface area is 105 Å². The van der Waals surface area contributed by atoms with Gasteiger partial charge in [-0.05, 0) is 31.0 Å². The minimum Gasteiger partial charge on any atom is -0.399 e. The summed E-state index contributed by atoms with van der Waals surface area (Å²) in [6.07, 6.45) is 2.32. The van der Waals surface area contributed by atoms with Crippen molar-refractivity contribution in [2.75, 3.05) is 12.3 Å². The predicted octanol–water partition coefficient (Wildman–Crippen LogP) is 1.27. The number of carbonyl (C=O) groups is 1. The molecule has 0 aliphatic carbocycles. The molecule has 0 spiro atoms. The number of nitrogens with zero attached hydrogens (tertiary/aromatic N) is 1. The molecule has 5 heteroatoms. The van der Waals surface area contributed by atoms with Crippen LogP contribution in [0.3, 0.4) is 0 Å². The maximum Gasteiger partial charge on any atom is 0.254 e. The van der Waals surface area contributed by atoms with Crippen molar-refractivity contribution in [3.63, 3.8) is 0 Å². The summed E-state index contributed by atoms with van der Waals surface area (Å²) in [5.74, 6) is -0.100. The van der Waals surface area contributed by atoms with E-state index in [1.165, 1.54) is 6.20 Å². The van der Waals surface area contributed by atoms with Gasteiger partial charge in [-0.1, -0.05) is 12.1 Å². The van der Waals surface area contributed by atoms with Crippen molar-refractivity contribution in [1.82, 2.24) is 15.5 Å². The average molecular weight is 244 g/mol. The molecule has 2 rings (SSSR count). The first-order valence-electron chi connectivity index (χ1n) is 5.79. The van der Waals surface area contributed by atoms with Crippen molar-refractivity contribution in [3.05, 3.63) is 47.3 Å². The molecule has 0 atom stereocenters. The van der Waals surface area contributed by atoms with E-state index in [2.05, 4.69) is 15.5 Å². The van der Waals surface area contributed by atoms with E-state index < -0.39 is 0 Å². The van der Waals surface area contributed by atoms with Crippen LogP contribution in [-0.4, -0.2) is 22.6 Å². The van der Waals surface area contributed by atoms with Crippen molar-refractivity contribution in [1.29, 1.82) is 0 Å². The molecule has 5 nitrogen and oxygen atoms in total. The molecule has 0 fully saturated rings.